The minimum atomic E-state index is 0.0415. The molecule has 0 amide bonds. The SMILES string of the molecule is CC(C)=CCCC(C)=CCCC(C)=CCc1sccc1/C=C/C(=O)c1ccc(CN2CCN(CCO)CC2)cc1. The predicted molar refractivity (Wildman–Crippen MR) is 172 cm³/mol. The van der Waals surface area contributed by atoms with Crippen molar-refractivity contribution in [3.63, 3.8) is 0 Å². The van der Waals surface area contributed by atoms with Crippen molar-refractivity contribution in [3.8, 4) is 0 Å². The number of thiophene rings is 1. The highest BCUT2D eigenvalue weighted by Crippen LogP contribution is 2.21. The van der Waals surface area contributed by atoms with Gasteiger partial charge < -0.3 is 5.11 Å². The van der Waals surface area contributed by atoms with Crippen LogP contribution in [-0.4, -0.2) is 60.0 Å². The standard InChI is InChI=1S/C35H48N2O2S/c1-28(2)7-5-8-29(3)9-6-10-30(4)11-18-35-33(19-26-40-35)16-17-34(39)32-14-12-31(13-15-32)27-37-22-20-36(21-23-37)24-25-38/h7,9,11-17,19,26,38H,5-6,8,10,18,20-25,27H2,1-4H3/b17-16+,29-9?,30-11?. The van der Waals surface area contributed by atoms with Gasteiger partial charge in [-0.05, 0) is 88.1 Å². The highest BCUT2D eigenvalue weighted by molar-refractivity contribution is 7.10. The van der Waals surface area contributed by atoms with Crippen LogP contribution in [0.1, 0.15) is 79.7 Å². The van der Waals surface area contributed by atoms with E-state index in [1.807, 2.05) is 18.2 Å². The number of carbonyl (C=O) groups excluding carboxylic acids is 1. The molecule has 1 fully saturated rings. The minimum absolute atomic E-state index is 0.0415. The first-order valence-electron chi connectivity index (χ1n) is 14.7. The quantitative estimate of drug-likeness (QED) is 0.138. The number of rotatable bonds is 15. The molecule has 1 aromatic carbocycles. The number of hydrogen-bond donors (Lipinski definition) is 1. The molecule has 0 unspecified atom stereocenters. The van der Waals surface area contributed by atoms with Crippen LogP contribution in [0.4, 0.5) is 0 Å². The second kappa shape index (κ2) is 17.3. The van der Waals surface area contributed by atoms with Crippen LogP contribution in [0.5, 0.6) is 0 Å². The summed E-state index contributed by atoms with van der Waals surface area (Å²) < 4.78 is 0. The molecule has 1 saturated heterocycles. The van der Waals surface area contributed by atoms with Gasteiger partial charge in [0.1, 0.15) is 0 Å². The summed E-state index contributed by atoms with van der Waals surface area (Å²) in [5, 5.41) is 11.2. The Balaban J connectivity index is 1.45. The van der Waals surface area contributed by atoms with Gasteiger partial charge in [0.15, 0.2) is 5.78 Å². The van der Waals surface area contributed by atoms with E-state index in [1.54, 1.807) is 17.4 Å². The van der Waals surface area contributed by atoms with Crippen LogP contribution in [0.2, 0.25) is 0 Å². The predicted octanol–water partition coefficient (Wildman–Crippen LogP) is 7.72. The molecule has 1 N–H and O–H groups in total. The molecule has 5 heteroatoms. The van der Waals surface area contributed by atoms with Gasteiger partial charge in [-0.1, -0.05) is 59.2 Å². The highest BCUT2D eigenvalue weighted by Gasteiger charge is 2.16. The Bertz CT molecular complexity index is 1170. The second-order valence-electron chi connectivity index (χ2n) is 11.2. The Kier molecular flexibility index (Phi) is 13.8. The molecule has 1 aliphatic rings. The fourth-order valence-electron chi connectivity index (χ4n) is 4.88. The molecule has 0 bridgehead atoms. The van der Waals surface area contributed by atoms with E-state index in [1.165, 1.54) is 27.2 Å². The Morgan fingerprint density at radius 2 is 1.52 bits per heavy atom. The van der Waals surface area contributed by atoms with Gasteiger partial charge in [0.25, 0.3) is 0 Å². The summed E-state index contributed by atoms with van der Waals surface area (Å²) in [5.41, 5.74) is 7.37. The summed E-state index contributed by atoms with van der Waals surface area (Å²) in [6.45, 7) is 14.7. The van der Waals surface area contributed by atoms with Crippen molar-refractivity contribution < 1.29 is 9.90 Å². The van der Waals surface area contributed by atoms with E-state index < -0.39 is 0 Å². The number of allylic oxidation sites excluding steroid dienone is 7. The molecular weight excluding hydrogens is 512 g/mol. The number of benzene rings is 1. The molecule has 4 nitrogen and oxygen atoms in total. The number of β-amino-alcohol motifs (C(OH)–C–C–N with tert-alkyl or cyclic N) is 1. The summed E-state index contributed by atoms with van der Waals surface area (Å²) in [6, 6.07) is 10.1. The summed E-state index contributed by atoms with van der Waals surface area (Å²) in [6.07, 6.45) is 16.1. The third kappa shape index (κ3) is 11.5. The number of aliphatic hydroxyl groups excluding tert-OH is 1. The van der Waals surface area contributed by atoms with Crippen LogP contribution in [0.15, 0.2) is 76.7 Å². The molecule has 0 saturated carbocycles. The third-order valence-electron chi connectivity index (χ3n) is 7.48. The zero-order chi connectivity index (χ0) is 28.7. The van der Waals surface area contributed by atoms with E-state index in [9.17, 15) is 4.79 Å². The number of aliphatic hydroxyl groups is 1. The Hall–Kier alpha value is -2.57. The third-order valence-corrected chi connectivity index (χ3v) is 8.44. The van der Waals surface area contributed by atoms with E-state index in [0.717, 1.165) is 82.5 Å². The molecule has 2 heterocycles. The van der Waals surface area contributed by atoms with E-state index >= 15 is 0 Å². The monoisotopic (exact) mass is 560 g/mol. The van der Waals surface area contributed by atoms with Gasteiger partial charge in [0.2, 0.25) is 0 Å². The van der Waals surface area contributed by atoms with E-state index in [-0.39, 0.29) is 12.4 Å². The molecule has 0 spiro atoms. The molecule has 0 aliphatic carbocycles. The van der Waals surface area contributed by atoms with Gasteiger partial charge in [-0.15, -0.1) is 11.3 Å². The van der Waals surface area contributed by atoms with Crippen molar-refractivity contribution in [1.82, 2.24) is 9.80 Å². The van der Waals surface area contributed by atoms with Crippen molar-refractivity contribution in [3.05, 3.63) is 98.3 Å². The van der Waals surface area contributed by atoms with Crippen LogP contribution < -0.4 is 0 Å². The van der Waals surface area contributed by atoms with Gasteiger partial charge in [-0.25, -0.2) is 0 Å². The topological polar surface area (TPSA) is 43.8 Å². The molecule has 2 aromatic rings. The van der Waals surface area contributed by atoms with Crippen molar-refractivity contribution in [2.45, 2.75) is 66.3 Å². The lowest BCUT2D eigenvalue weighted by Crippen LogP contribution is -2.46. The van der Waals surface area contributed by atoms with Gasteiger partial charge in [-0.2, -0.15) is 0 Å². The number of carbonyl (C=O) groups is 1. The maximum absolute atomic E-state index is 12.8. The largest absolute Gasteiger partial charge is 0.395 e. The number of piperazine rings is 1. The zero-order valence-electron chi connectivity index (χ0n) is 25.0. The molecule has 40 heavy (non-hydrogen) atoms. The highest BCUT2D eigenvalue weighted by atomic mass is 32.1. The second-order valence-corrected chi connectivity index (χ2v) is 12.2. The van der Waals surface area contributed by atoms with Crippen molar-refractivity contribution in [2.75, 3.05) is 39.3 Å². The Morgan fingerprint density at radius 1 is 0.875 bits per heavy atom. The van der Waals surface area contributed by atoms with E-state index in [4.69, 9.17) is 5.11 Å². The fourth-order valence-corrected chi connectivity index (χ4v) is 5.71. The van der Waals surface area contributed by atoms with Gasteiger partial charge in [-0.3, -0.25) is 14.6 Å². The number of nitrogens with zero attached hydrogens (tertiary/aromatic N) is 2. The van der Waals surface area contributed by atoms with Gasteiger partial charge in [0, 0.05) is 56.1 Å². The summed E-state index contributed by atoms with van der Waals surface area (Å²) >= 11 is 1.76. The molecule has 0 atom stereocenters. The van der Waals surface area contributed by atoms with E-state index in [0.29, 0.717) is 0 Å². The van der Waals surface area contributed by atoms with Gasteiger partial charge >= 0.3 is 0 Å². The lowest BCUT2D eigenvalue weighted by atomic mass is 10.0. The minimum Gasteiger partial charge on any atom is -0.395 e. The Morgan fingerprint density at radius 3 is 2.20 bits per heavy atom. The average Bonchev–Trinajstić information content (AvgIpc) is 3.39. The smallest absolute Gasteiger partial charge is 0.185 e. The molecular formula is C35H48N2O2S. The van der Waals surface area contributed by atoms with E-state index in [2.05, 4.69) is 79.3 Å². The van der Waals surface area contributed by atoms with Crippen LogP contribution in [-0.2, 0) is 13.0 Å². The molecule has 1 aromatic heterocycles. The summed E-state index contributed by atoms with van der Waals surface area (Å²) in [4.78, 5) is 18.9. The zero-order valence-corrected chi connectivity index (χ0v) is 25.8. The maximum Gasteiger partial charge on any atom is 0.185 e. The first-order chi connectivity index (χ1) is 19.3. The number of ketones is 1. The normalized spacial score (nSPS) is 15.6. The lowest BCUT2D eigenvalue weighted by molar-refractivity contribution is 0.104. The first kappa shape index (κ1) is 32.0. The van der Waals surface area contributed by atoms with Crippen molar-refractivity contribution in [2.24, 2.45) is 0 Å². The van der Waals surface area contributed by atoms with Gasteiger partial charge in [0.05, 0.1) is 6.61 Å². The van der Waals surface area contributed by atoms with Crippen LogP contribution in [0, 0.1) is 0 Å². The van der Waals surface area contributed by atoms with Crippen molar-refractivity contribution in [1.29, 1.82) is 0 Å². The van der Waals surface area contributed by atoms with Crippen LogP contribution >= 0.6 is 11.3 Å². The summed E-state index contributed by atoms with van der Waals surface area (Å²) in [5.74, 6) is 0.0415. The van der Waals surface area contributed by atoms with Crippen LogP contribution in [0.3, 0.4) is 0 Å². The number of hydrogen-bond acceptors (Lipinski definition) is 5. The molecule has 0 radical (unpaired) electrons. The molecule has 1 aliphatic heterocycles. The maximum atomic E-state index is 12.8. The first-order valence-corrected chi connectivity index (χ1v) is 15.6. The van der Waals surface area contributed by atoms with Crippen LogP contribution in [0.25, 0.3) is 6.08 Å². The molecule has 3 rings (SSSR count). The Labute approximate surface area is 246 Å². The van der Waals surface area contributed by atoms with Crippen molar-refractivity contribution >= 4 is 23.2 Å². The fraction of sp³-hybridized carbons (Fsp3) is 0.457. The molecule has 216 valence electrons. The summed E-state index contributed by atoms with van der Waals surface area (Å²) in [7, 11) is 0. The lowest BCUT2D eigenvalue weighted by Gasteiger charge is -2.34. The average molecular weight is 561 g/mol.